The minimum absolute atomic E-state index is 0.0472. The van der Waals surface area contributed by atoms with Crippen LogP contribution in [0.3, 0.4) is 0 Å². The fraction of sp³-hybridized carbons (Fsp3) is 0.622. The van der Waals surface area contributed by atoms with Crippen LogP contribution in [0.1, 0.15) is 90.2 Å². The third-order valence-electron chi connectivity index (χ3n) is 12.5. The Balaban J connectivity index is 1.72. The number of carbonyl (C=O) groups is 11. The van der Waals surface area contributed by atoms with Gasteiger partial charge < -0.3 is 65.1 Å². The third-order valence-corrected chi connectivity index (χ3v) is 14.9. The van der Waals surface area contributed by atoms with Crippen molar-refractivity contribution < 1.29 is 52.7 Å². The minimum Gasteiger partial charge on any atom is -0.370 e. The molecule has 70 heavy (non-hydrogen) atoms. The summed E-state index contributed by atoms with van der Waals surface area (Å²) in [5, 5.41) is 18.4. The van der Waals surface area contributed by atoms with Gasteiger partial charge in [-0.05, 0) is 61.5 Å². The van der Waals surface area contributed by atoms with Crippen LogP contribution < -0.4 is 60.2 Å². The lowest BCUT2D eigenvalue weighted by Gasteiger charge is -2.39. The van der Waals surface area contributed by atoms with Crippen LogP contribution in [0.2, 0.25) is 0 Å². The Labute approximate surface area is 414 Å². The lowest BCUT2D eigenvalue weighted by molar-refractivity contribution is -0.142. The number of likely N-dealkylation sites (tertiary alicyclic amines) is 1. The number of hydrogen-bond donors (Lipinski definition) is 11. The molecule has 2 aliphatic heterocycles. The molecule has 2 fully saturated rings. The maximum atomic E-state index is 14.6. The summed E-state index contributed by atoms with van der Waals surface area (Å²) in [6, 6.07) is -1.97. The van der Waals surface area contributed by atoms with Crippen molar-refractivity contribution in [3.05, 3.63) is 35.4 Å². The number of hydrogen-bond acceptors (Lipinski definition) is 14. The van der Waals surface area contributed by atoms with Crippen LogP contribution in [0.5, 0.6) is 0 Å². The van der Waals surface area contributed by atoms with Crippen molar-refractivity contribution in [2.45, 2.75) is 140 Å². The smallest absolute Gasteiger partial charge is 0.246 e. The van der Waals surface area contributed by atoms with Gasteiger partial charge in [-0.1, -0.05) is 80.0 Å². The van der Waals surface area contributed by atoms with Gasteiger partial charge in [-0.2, -0.15) is 0 Å². The van der Waals surface area contributed by atoms with Crippen LogP contribution in [0.15, 0.2) is 24.3 Å². The van der Waals surface area contributed by atoms with E-state index in [9.17, 15) is 52.7 Å². The molecule has 25 heteroatoms. The van der Waals surface area contributed by atoms with Crippen molar-refractivity contribution >= 4 is 86.6 Å². The van der Waals surface area contributed by atoms with Gasteiger partial charge in [0.25, 0.3) is 0 Å². The average Bonchev–Trinajstić information content (AvgIpc) is 3.80. The number of nitrogens with zero attached hydrogens (tertiary/aromatic N) is 1. The molecule has 1 aliphatic carbocycles. The van der Waals surface area contributed by atoms with Gasteiger partial charge in [-0.3, -0.25) is 52.7 Å². The van der Waals surface area contributed by atoms with Gasteiger partial charge >= 0.3 is 0 Å². The quantitative estimate of drug-likeness (QED) is 0.0781. The molecule has 23 nitrogen and oxygen atoms in total. The van der Waals surface area contributed by atoms with Crippen LogP contribution in [-0.4, -0.2) is 142 Å². The molecule has 1 aromatic carbocycles. The van der Waals surface area contributed by atoms with E-state index in [-0.39, 0.29) is 56.1 Å². The zero-order valence-corrected chi connectivity index (χ0v) is 41.6. The van der Waals surface area contributed by atoms with Crippen molar-refractivity contribution in [3.63, 3.8) is 0 Å². The van der Waals surface area contributed by atoms with Gasteiger partial charge in [0, 0.05) is 30.9 Å². The molecule has 1 spiro atoms. The van der Waals surface area contributed by atoms with Crippen molar-refractivity contribution in [1.82, 2.24) is 42.1 Å². The van der Waals surface area contributed by atoms with E-state index < -0.39 is 138 Å². The molecule has 0 radical (unpaired) electrons. The first-order valence-corrected chi connectivity index (χ1v) is 25.9. The number of fused-ring (bicyclic) bond motifs is 1. The summed E-state index contributed by atoms with van der Waals surface area (Å²) < 4.78 is 0. The highest BCUT2D eigenvalue weighted by atomic mass is 33.1. The van der Waals surface area contributed by atoms with E-state index in [2.05, 4.69) is 37.2 Å². The number of primary amides is 3. The number of amides is 11. The molecule has 11 amide bonds. The molecule has 9 atom stereocenters. The number of benzene rings is 1. The van der Waals surface area contributed by atoms with E-state index in [0.717, 1.165) is 32.7 Å². The molecule has 0 saturated carbocycles. The van der Waals surface area contributed by atoms with E-state index in [1.165, 1.54) is 4.90 Å². The number of rotatable bonds is 15. The Morgan fingerprint density at radius 3 is 2.13 bits per heavy atom. The Kier molecular flexibility index (Phi) is 21.3. The maximum Gasteiger partial charge on any atom is 0.246 e. The monoisotopic (exact) mass is 1020 g/mol. The van der Waals surface area contributed by atoms with Gasteiger partial charge in [0.1, 0.15) is 41.8 Å². The predicted molar refractivity (Wildman–Crippen MR) is 260 cm³/mol. The molecule has 386 valence electrons. The lowest BCUT2D eigenvalue weighted by Crippen LogP contribution is -2.67. The van der Waals surface area contributed by atoms with Crippen LogP contribution in [0.4, 0.5) is 0 Å². The SMILES string of the molecule is CC[C@H](C)[C@@H]1NC(=O)[C@@]2(CCc3ccccc3C2)NC(=O)[C@@H](N)CSSC[C@@H](C(=O)N2CCC[C@H]2C(=O)N[C@@H](CC(C)C)C(=O)NCC(N)=O)NC(=O)[C@H](CC(N)=O)NC(=O)C(CCC(N)=O)NC1=O. The van der Waals surface area contributed by atoms with Gasteiger partial charge in [0.05, 0.1) is 19.0 Å². The molecule has 0 aromatic heterocycles. The second-order valence-corrected chi connectivity index (χ2v) is 21.0. The highest BCUT2D eigenvalue weighted by Gasteiger charge is 2.46. The Bertz CT molecular complexity index is 2150. The fourth-order valence-corrected chi connectivity index (χ4v) is 10.7. The van der Waals surface area contributed by atoms with Gasteiger partial charge in [0.2, 0.25) is 65.0 Å². The topological polar surface area (TPSA) is 379 Å². The molecule has 2 heterocycles. The molecule has 2 saturated heterocycles. The summed E-state index contributed by atoms with van der Waals surface area (Å²) in [4.78, 5) is 150. The van der Waals surface area contributed by atoms with Crippen molar-refractivity contribution in [1.29, 1.82) is 0 Å². The molecule has 1 unspecified atom stereocenters. The first-order valence-electron chi connectivity index (χ1n) is 23.4. The van der Waals surface area contributed by atoms with Crippen LogP contribution >= 0.6 is 21.6 Å². The largest absolute Gasteiger partial charge is 0.370 e. The van der Waals surface area contributed by atoms with E-state index in [0.29, 0.717) is 19.3 Å². The van der Waals surface area contributed by atoms with Crippen molar-refractivity contribution in [2.24, 2.45) is 34.8 Å². The van der Waals surface area contributed by atoms with Crippen molar-refractivity contribution in [2.75, 3.05) is 24.6 Å². The first kappa shape index (κ1) is 56.6. The number of aryl methyl sites for hydroxylation is 1. The molecule has 0 bridgehead atoms. The molecule has 4 rings (SSSR count). The molecule has 3 aliphatic rings. The van der Waals surface area contributed by atoms with Gasteiger partial charge in [0.15, 0.2) is 0 Å². The number of nitrogens with two attached hydrogens (primary N) is 4. The zero-order chi connectivity index (χ0) is 51.9. The van der Waals surface area contributed by atoms with Gasteiger partial charge in [-0.25, -0.2) is 0 Å². The molecular formula is C45H68N12O11S2. The number of carbonyl (C=O) groups excluding carboxylic acids is 11. The average molecular weight is 1020 g/mol. The summed E-state index contributed by atoms with van der Waals surface area (Å²) in [7, 11) is 2.13. The highest BCUT2D eigenvalue weighted by molar-refractivity contribution is 8.76. The maximum absolute atomic E-state index is 14.6. The second-order valence-electron chi connectivity index (χ2n) is 18.5. The van der Waals surface area contributed by atoms with Crippen LogP contribution in [0.25, 0.3) is 0 Å². The summed E-state index contributed by atoms with van der Waals surface area (Å²) in [6.45, 7) is 6.73. The van der Waals surface area contributed by atoms with E-state index in [4.69, 9.17) is 22.9 Å². The fourth-order valence-electron chi connectivity index (χ4n) is 8.43. The Morgan fingerprint density at radius 2 is 1.49 bits per heavy atom. The van der Waals surface area contributed by atoms with Crippen molar-refractivity contribution in [3.8, 4) is 0 Å². The normalized spacial score (nSPS) is 26.0. The Morgan fingerprint density at radius 1 is 0.829 bits per heavy atom. The first-order chi connectivity index (χ1) is 33.0. The van der Waals surface area contributed by atoms with E-state index >= 15 is 0 Å². The zero-order valence-electron chi connectivity index (χ0n) is 40.0. The summed E-state index contributed by atoms with van der Waals surface area (Å²) in [6.07, 6.45) is 0.159. The standard InChI is InChI=1S/C45H68N12O11S2/c1-5-24(4)36-42(66)51-28(12-13-33(47)58)39(63)52-30(18-34(48)59)40(64)54-31(43(67)57-16-8-11-32(57)41(65)53-29(17-23(2)3)38(62)50-20-35(49)60)22-70-69-21-27(46)37(61)56-45(44(68)55-36)15-14-25-9-6-7-10-26(25)19-45/h6-7,9-10,23-24,27-32,36H,5,8,11-22,46H2,1-4H3,(H2,47,58)(H2,48,59)(H2,49,60)(H,50,62)(H,51,66)(H,52,63)(H,53,65)(H,54,64)(H,55,68)(H,56,61)/t24-,27-,28?,29-,30-,31-,32-,36-,45-/m0/s1. The van der Waals surface area contributed by atoms with E-state index in [1.54, 1.807) is 13.8 Å². The minimum atomic E-state index is -1.74. The molecular weight excluding hydrogens is 949 g/mol. The van der Waals surface area contributed by atoms with E-state index in [1.807, 2.05) is 38.1 Å². The van der Waals surface area contributed by atoms with Gasteiger partial charge in [-0.15, -0.1) is 0 Å². The molecule has 15 N–H and O–H groups in total. The Hall–Kier alpha value is -5.95. The summed E-state index contributed by atoms with van der Waals surface area (Å²) >= 11 is 0. The molecule has 1 aromatic rings. The van der Waals surface area contributed by atoms with Crippen LogP contribution in [-0.2, 0) is 65.6 Å². The predicted octanol–water partition coefficient (Wildman–Crippen LogP) is -3.00. The third kappa shape index (κ3) is 16.0. The lowest BCUT2D eigenvalue weighted by atomic mass is 9.76. The summed E-state index contributed by atoms with van der Waals surface area (Å²) in [5.41, 5.74) is 22.8. The highest BCUT2D eigenvalue weighted by Crippen LogP contribution is 2.31. The van der Waals surface area contributed by atoms with Crippen LogP contribution in [0, 0.1) is 11.8 Å². The summed E-state index contributed by atoms with van der Waals surface area (Å²) in [5.74, 6) is -9.84. The number of nitrogens with one attached hydrogen (secondary N) is 7. The second kappa shape index (κ2) is 26.3.